The highest BCUT2D eigenvalue weighted by atomic mass is 31.2. The van der Waals surface area contributed by atoms with Crippen LogP contribution in [0.4, 0.5) is 0 Å². The molecule has 0 radical (unpaired) electrons. The van der Waals surface area contributed by atoms with Crippen LogP contribution in [0.3, 0.4) is 0 Å². The molecular weight excluding hydrogens is 1150 g/mol. The highest BCUT2D eigenvalue weighted by Crippen LogP contribution is 2.43. The topological polar surface area (TPSA) is 108 Å². The lowest BCUT2D eigenvalue weighted by molar-refractivity contribution is -0.870. The second-order valence-electron chi connectivity index (χ2n) is 27.4. The van der Waals surface area contributed by atoms with Crippen molar-refractivity contribution in [3.05, 3.63) is 85.1 Å². The van der Waals surface area contributed by atoms with Gasteiger partial charge in [0.25, 0.3) is 0 Å². The number of phosphoric acid groups is 1. The van der Waals surface area contributed by atoms with Gasteiger partial charge in [-0.3, -0.25) is 18.6 Å². The summed E-state index contributed by atoms with van der Waals surface area (Å²) >= 11 is 0. The summed E-state index contributed by atoms with van der Waals surface area (Å²) in [5, 5.41) is 0. The maximum absolute atomic E-state index is 12.9. The van der Waals surface area contributed by atoms with Crippen LogP contribution in [-0.4, -0.2) is 74.9 Å². The smallest absolute Gasteiger partial charge is 0.462 e. The second-order valence-corrected chi connectivity index (χ2v) is 28.8. The third kappa shape index (κ3) is 76.1. The van der Waals surface area contributed by atoms with Gasteiger partial charge < -0.3 is 18.9 Å². The number of carbonyl (C=O) groups is 2. The lowest BCUT2D eigenvalue weighted by Crippen LogP contribution is -2.37. The first-order valence-electron chi connectivity index (χ1n) is 38.8. The summed E-state index contributed by atoms with van der Waals surface area (Å²) < 4.78 is 34.8. The predicted molar refractivity (Wildman–Crippen MR) is 395 cm³/mol. The molecule has 0 aromatic heterocycles. The molecule has 530 valence electrons. The van der Waals surface area contributed by atoms with E-state index in [4.69, 9.17) is 18.5 Å². The molecule has 0 saturated heterocycles. The lowest BCUT2D eigenvalue weighted by atomic mass is 10.0. The third-order valence-corrected chi connectivity index (χ3v) is 18.2. The van der Waals surface area contributed by atoms with Crippen LogP contribution in [-0.2, 0) is 32.7 Å². The number of likely N-dealkylation sites (N-methyl/N-ethyl adjacent to an activating group) is 1. The second kappa shape index (κ2) is 71.5. The number of quaternary nitrogens is 1. The van der Waals surface area contributed by atoms with Gasteiger partial charge in [0.15, 0.2) is 6.10 Å². The average molecular weight is 1300 g/mol. The monoisotopic (exact) mass is 1300 g/mol. The predicted octanol–water partition coefficient (Wildman–Crippen LogP) is 25.7. The van der Waals surface area contributed by atoms with E-state index >= 15 is 0 Å². The molecule has 0 aliphatic heterocycles. The minimum Gasteiger partial charge on any atom is -0.462 e. The van der Waals surface area contributed by atoms with Gasteiger partial charge in [-0.1, -0.05) is 369 Å². The van der Waals surface area contributed by atoms with E-state index in [-0.39, 0.29) is 32.0 Å². The van der Waals surface area contributed by atoms with Crippen molar-refractivity contribution in [1.82, 2.24) is 0 Å². The zero-order valence-electron chi connectivity index (χ0n) is 60.6. The van der Waals surface area contributed by atoms with Crippen LogP contribution in [0.1, 0.15) is 367 Å². The van der Waals surface area contributed by atoms with Gasteiger partial charge >= 0.3 is 19.8 Å². The standard InChI is InChI=1S/C81H148NO8P/c1-6-8-10-12-14-16-18-20-22-24-26-28-30-32-34-36-38-39-40-41-42-44-45-47-49-51-53-55-57-59-61-63-65-67-69-71-73-80(83)87-77-79(78-89-91(85,86)88-76-75-82(3,4)5)90-81(84)74-72-70-68-66-64-62-60-58-56-54-52-50-48-46-43-37-35-33-31-29-27-25-23-21-19-17-15-13-11-9-7-2/h9,11,15,17,21,23,27,29,33,35,43,46,50,52,79H,6-8,10,12-14,16,18-20,22,24-26,28,30-32,34,36-42,44-45,47-49,51,53-78H2,1-5H3/p+1/b11-9-,17-15-,23-21-,29-27-,35-33-,46-43-,52-50-. The number of phosphoric ester groups is 1. The van der Waals surface area contributed by atoms with Gasteiger partial charge in [-0.15, -0.1) is 0 Å². The quantitative estimate of drug-likeness (QED) is 0.0211. The van der Waals surface area contributed by atoms with Gasteiger partial charge in [-0.2, -0.15) is 0 Å². The van der Waals surface area contributed by atoms with Crippen molar-refractivity contribution in [2.45, 2.75) is 373 Å². The van der Waals surface area contributed by atoms with E-state index in [9.17, 15) is 19.0 Å². The zero-order chi connectivity index (χ0) is 66.2. The van der Waals surface area contributed by atoms with Crippen LogP contribution in [0.25, 0.3) is 0 Å². The molecule has 0 aliphatic rings. The molecule has 0 saturated carbocycles. The molecule has 0 rings (SSSR count). The van der Waals surface area contributed by atoms with Crippen LogP contribution < -0.4 is 0 Å². The van der Waals surface area contributed by atoms with Crippen LogP contribution in [0.5, 0.6) is 0 Å². The minimum atomic E-state index is -4.40. The van der Waals surface area contributed by atoms with E-state index in [2.05, 4.69) is 98.9 Å². The highest BCUT2D eigenvalue weighted by Gasteiger charge is 2.27. The van der Waals surface area contributed by atoms with Crippen molar-refractivity contribution < 1.29 is 42.1 Å². The molecule has 0 aromatic rings. The third-order valence-electron chi connectivity index (χ3n) is 17.2. The Labute approximate surface area is 564 Å². The Morgan fingerprint density at radius 2 is 0.626 bits per heavy atom. The highest BCUT2D eigenvalue weighted by molar-refractivity contribution is 7.47. The van der Waals surface area contributed by atoms with Gasteiger partial charge in [-0.05, 0) is 70.6 Å². The number of esters is 2. The average Bonchev–Trinajstić information content (AvgIpc) is 3.30. The van der Waals surface area contributed by atoms with E-state index in [1.54, 1.807) is 0 Å². The first-order valence-corrected chi connectivity index (χ1v) is 40.3. The first kappa shape index (κ1) is 88.2. The largest absolute Gasteiger partial charge is 0.472 e. The molecule has 0 aliphatic carbocycles. The molecule has 0 bridgehead atoms. The molecule has 1 N–H and O–H groups in total. The molecule has 9 nitrogen and oxygen atoms in total. The van der Waals surface area contributed by atoms with E-state index < -0.39 is 26.5 Å². The number of unbranched alkanes of at least 4 members (excludes halogenated alkanes) is 44. The summed E-state index contributed by atoms with van der Waals surface area (Å²) in [5.41, 5.74) is 0. The number of rotatable bonds is 72. The summed E-state index contributed by atoms with van der Waals surface area (Å²) in [4.78, 5) is 36.0. The number of nitrogens with zero attached hydrogens (tertiary/aromatic N) is 1. The molecule has 0 fully saturated rings. The summed E-state index contributed by atoms with van der Waals surface area (Å²) in [6, 6.07) is 0. The van der Waals surface area contributed by atoms with Crippen molar-refractivity contribution in [2.24, 2.45) is 0 Å². The van der Waals surface area contributed by atoms with Gasteiger partial charge in [0.1, 0.15) is 19.8 Å². The number of allylic oxidation sites excluding steroid dienone is 14. The zero-order valence-corrected chi connectivity index (χ0v) is 61.5. The van der Waals surface area contributed by atoms with Crippen molar-refractivity contribution >= 4 is 19.8 Å². The molecule has 0 aromatic carbocycles. The molecule has 2 unspecified atom stereocenters. The fraction of sp³-hybridized carbons (Fsp3) is 0.802. The first-order chi connectivity index (χ1) is 44.5. The number of carbonyl (C=O) groups excluding carboxylic acids is 2. The van der Waals surface area contributed by atoms with Gasteiger partial charge in [0, 0.05) is 12.8 Å². The number of hydrogen-bond donors (Lipinski definition) is 1. The van der Waals surface area contributed by atoms with Crippen LogP contribution in [0.2, 0.25) is 0 Å². The normalized spacial score (nSPS) is 13.5. The van der Waals surface area contributed by atoms with Crippen molar-refractivity contribution in [3.8, 4) is 0 Å². The van der Waals surface area contributed by atoms with E-state index in [1.807, 2.05) is 21.1 Å². The Morgan fingerprint density at radius 3 is 0.934 bits per heavy atom. The fourth-order valence-electron chi connectivity index (χ4n) is 11.3. The summed E-state index contributed by atoms with van der Waals surface area (Å²) in [5.74, 6) is -0.792. The van der Waals surface area contributed by atoms with Crippen molar-refractivity contribution in [2.75, 3.05) is 47.5 Å². The molecule has 0 amide bonds. The Balaban J connectivity index is 3.97. The maximum atomic E-state index is 12.9. The molecule has 2 atom stereocenters. The Morgan fingerprint density at radius 1 is 0.352 bits per heavy atom. The molecule has 0 spiro atoms. The van der Waals surface area contributed by atoms with Gasteiger partial charge in [-0.25, -0.2) is 4.57 Å². The summed E-state index contributed by atoms with van der Waals surface area (Å²) in [6.45, 7) is 4.36. The van der Waals surface area contributed by atoms with E-state index in [1.165, 1.54) is 244 Å². The molecular formula is C81H149NO8P+. The van der Waals surface area contributed by atoms with E-state index in [0.717, 1.165) is 89.9 Å². The Hall–Kier alpha value is -2.81. The van der Waals surface area contributed by atoms with Crippen LogP contribution >= 0.6 is 7.82 Å². The van der Waals surface area contributed by atoms with Crippen molar-refractivity contribution in [1.29, 1.82) is 0 Å². The SMILES string of the molecule is CC/C=C\C/C=C\C/C=C\C/C=C\C/C=C\C/C=C\C/C=C\CCCCCCCCCCCC(=O)OC(COC(=O)CCCCCCCCCCCCCCCCCCCCCCCCCCCCCCCCCCCCCC)COP(=O)(O)OCC[N+](C)(C)C. The molecule has 0 heterocycles. The summed E-state index contributed by atoms with van der Waals surface area (Å²) in [6.07, 6.45) is 98.7. The lowest BCUT2D eigenvalue weighted by Gasteiger charge is -2.24. The van der Waals surface area contributed by atoms with Crippen LogP contribution in [0, 0.1) is 0 Å². The van der Waals surface area contributed by atoms with Crippen LogP contribution in [0.15, 0.2) is 85.1 Å². The molecule has 91 heavy (non-hydrogen) atoms. The number of hydrogen-bond acceptors (Lipinski definition) is 7. The van der Waals surface area contributed by atoms with Gasteiger partial charge in [0.2, 0.25) is 0 Å². The van der Waals surface area contributed by atoms with E-state index in [0.29, 0.717) is 17.4 Å². The molecule has 10 heteroatoms. The summed E-state index contributed by atoms with van der Waals surface area (Å²) in [7, 11) is 1.48. The fourth-order valence-corrected chi connectivity index (χ4v) is 12.0. The van der Waals surface area contributed by atoms with Crippen molar-refractivity contribution in [3.63, 3.8) is 0 Å². The number of ether oxygens (including phenoxy) is 2. The van der Waals surface area contributed by atoms with Gasteiger partial charge in [0.05, 0.1) is 27.7 Å². The Bertz CT molecular complexity index is 1810. The Kier molecular flexibility index (Phi) is 69.3. The maximum Gasteiger partial charge on any atom is 0.472 e. The minimum absolute atomic E-state index is 0.0287.